The maximum absolute atomic E-state index is 11.1. The van der Waals surface area contributed by atoms with Crippen LogP contribution in [0.5, 0.6) is 5.88 Å². The van der Waals surface area contributed by atoms with Gasteiger partial charge in [-0.3, -0.25) is 4.68 Å². The van der Waals surface area contributed by atoms with E-state index >= 15 is 0 Å². The largest absolute Gasteiger partial charge is 0.492 e. The van der Waals surface area contributed by atoms with Gasteiger partial charge in [0.1, 0.15) is 11.0 Å². The van der Waals surface area contributed by atoms with Gasteiger partial charge in [-0.25, -0.2) is 14.5 Å². The Balaban J connectivity index is 1.43. The molecule has 0 aliphatic carbocycles. The van der Waals surface area contributed by atoms with Gasteiger partial charge in [-0.05, 0) is 23.3 Å². The third kappa shape index (κ3) is 3.99. The summed E-state index contributed by atoms with van der Waals surface area (Å²) in [6.07, 6.45) is 3.95. The van der Waals surface area contributed by atoms with Crippen LogP contribution in [0, 0.1) is 0 Å². The molecule has 0 spiro atoms. The molecule has 0 radical (unpaired) electrons. The number of hydrogen-bond acceptors (Lipinski definition) is 6. The molecule has 0 amide bonds. The number of halogens is 2. The van der Waals surface area contributed by atoms with E-state index in [1.54, 1.807) is 16.8 Å². The van der Waals surface area contributed by atoms with Gasteiger partial charge in [0.05, 0.1) is 24.5 Å². The van der Waals surface area contributed by atoms with Crippen LogP contribution in [0.3, 0.4) is 0 Å². The van der Waals surface area contributed by atoms with Crippen molar-refractivity contribution in [3.63, 3.8) is 0 Å². The molecular weight excluding hydrogens is 467 g/mol. The monoisotopic (exact) mass is 480 g/mol. The van der Waals surface area contributed by atoms with E-state index in [1.807, 2.05) is 30.3 Å². The molecule has 0 aliphatic heterocycles. The molecule has 11 heteroatoms. The number of benzene rings is 2. The zero-order chi connectivity index (χ0) is 23.1. The molecule has 9 nitrogen and oxygen atoms in total. The SMILES string of the molecule is O=C(O)c1cnn(-c2nc(O)c3c(cnn3Cc3ccc(-c4ccc(Cl)cc4Cl)cc3)n2)c1. The highest BCUT2D eigenvalue weighted by Crippen LogP contribution is 2.31. The van der Waals surface area contributed by atoms with Crippen molar-refractivity contribution in [1.29, 1.82) is 0 Å². The van der Waals surface area contributed by atoms with E-state index in [-0.39, 0.29) is 17.4 Å². The standard InChI is InChI=1S/C22H14Cl2N6O3/c23-15-5-6-16(17(24)7-15)13-3-1-12(2-4-13)10-29-19-18(9-26-29)27-22(28-20(19)31)30-11-14(8-25-30)21(32)33/h1-9,11H,10H2,(H,32,33)(H,27,28,31). The number of rotatable bonds is 5. The molecule has 0 bridgehead atoms. The summed E-state index contributed by atoms with van der Waals surface area (Å²) in [7, 11) is 0. The molecule has 5 aromatic rings. The smallest absolute Gasteiger partial charge is 0.338 e. The molecule has 33 heavy (non-hydrogen) atoms. The molecule has 0 unspecified atom stereocenters. The Hall–Kier alpha value is -3.95. The summed E-state index contributed by atoms with van der Waals surface area (Å²) >= 11 is 12.3. The van der Waals surface area contributed by atoms with Crippen molar-refractivity contribution in [3.8, 4) is 23.0 Å². The van der Waals surface area contributed by atoms with Crippen LogP contribution >= 0.6 is 23.2 Å². The van der Waals surface area contributed by atoms with Crippen LogP contribution < -0.4 is 0 Å². The minimum Gasteiger partial charge on any atom is -0.492 e. The lowest BCUT2D eigenvalue weighted by Crippen LogP contribution is -2.05. The fourth-order valence-corrected chi connectivity index (χ4v) is 3.94. The van der Waals surface area contributed by atoms with E-state index in [1.165, 1.54) is 23.3 Å². The van der Waals surface area contributed by atoms with Crippen molar-refractivity contribution < 1.29 is 15.0 Å². The summed E-state index contributed by atoms with van der Waals surface area (Å²) in [5.41, 5.74) is 3.50. The average Bonchev–Trinajstić information content (AvgIpc) is 3.43. The lowest BCUT2D eigenvalue weighted by Gasteiger charge is -2.08. The maximum Gasteiger partial charge on any atom is 0.338 e. The number of carbonyl (C=O) groups is 1. The van der Waals surface area contributed by atoms with Gasteiger partial charge < -0.3 is 10.2 Å². The van der Waals surface area contributed by atoms with Gasteiger partial charge in [0.25, 0.3) is 5.95 Å². The molecule has 2 N–H and O–H groups in total. The van der Waals surface area contributed by atoms with Crippen LogP contribution in [-0.2, 0) is 6.54 Å². The first-order valence-electron chi connectivity index (χ1n) is 9.64. The maximum atomic E-state index is 11.1. The topological polar surface area (TPSA) is 119 Å². The lowest BCUT2D eigenvalue weighted by molar-refractivity contribution is 0.0697. The van der Waals surface area contributed by atoms with Crippen LogP contribution in [0.15, 0.2) is 61.1 Å². The van der Waals surface area contributed by atoms with Crippen molar-refractivity contribution in [2.45, 2.75) is 6.54 Å². The van der Waals surface area contributed by atoms with E-state index in [2.05, 4.69) is 20.2 Å². The highest BCUT2D eigenvalue weighted by molar-refractivity contribution is 6.36. The van der Waals surface area contributed by atoms with Gasteiger partial charge in [0, 0.05) is 21.8 Å². The number of hydrogen-bond donors (Lipinski definition) is 2. The third-order valence-electron chi connectivity index (χ3n) is 5.02. The number of aromatic nitrogens is 6. The molecule has 3 heterocycles. The zero-order valence-electron chi connectivity index (χ0n) is 16.7. The number of aromatic carboxylic acids is 1. The first-order chi connectivity index (χ1) is 15.9. The average molecular weight is 481 g/mol. The lowest BCUT2D eigenvalue weighted by atomic mass is 10.0. The second-order valence-corrected chi connectivity index (χ2v) is 8.03. The molecule has 0 aliphatic rings. The molecule has 0 saturated carbocycles. The Morgan fingerprint density at radius 3 is 2.48 bits per heavy atom. The summed E-state index contributed by atoms with van der Waals surface area (Å²) in [5, 5.41) is 29.0. The normalized spacial score (nSPS) is 11.2. The third-order valence-corrected chi connectivity index (χ3v) is 5.57. The number of aromatic hydroxyl groups is 1. The second-order valence-electron chi connectivity index (χ2n) is 7.18. The van der Waals surface area contributed by atoms with Crippen molar-refractivity contribution in [2.75, 3.05) is 0 Å². The van der Waals surface area contributed by atoms with Crippen molar-refractivity contribution >= 4 is 40.2 Å². The van der Waals surface area contributed by atoms with Gasteiger partial charge in [-0.1, -0.05) is 53.5 Å². The van der Waals surface area contributed by atoms with Crippen molar-refractivity contribution in [1.82, 2.24) is 29.5 Å². The molecule has 3 aromatic heterocycles. The zero-order valence-corrected chi connectivity index (χ0v) is 18.2. The van der Waals surface area contributed by atoms with Gasteiger partial charge in [0.15, 0.2) is 0 Å². The number of nitrogens with zero attached hydrogens (tertiary/aromatic N) is 6. The molecule has 2 aromatic carbocycles. The van der Waals surface area contributed by atoms with Crippen molar-refractivity contribution in [2.24, 2.45) is 0 Å². The number of carboxylic acids is 1. The quantitative estimate of drug-likeness (QED) is 0.381. The summed E-state index contributed by atoms with van der Waals surface area (Å²) in [6, 6.07) is 13.1. The van der Waals surface area contributed by atoms with Gasteiger partial charge in [-0.15, -0.1) is 0 Å². The molecule has 164 valence electrons. The minimum absolute atomic E-state index is 0.0165. The second kappa shape index (κ2) is 8.19. The van der Waals surface area contributed by atoms with E-state index in [9.17, 15) is 9.90 Å². The van der Waals surface area contributed by atoms with E-state index in [4.69, 9.17) is 28.3 Å². The first-order valence-corrected chi connectivity index (χ1v) is 10.4. The Morgan fingerprint density at radius 2 is 1.79 bits per heavy atom. The molecule has 0 saturated heterocycles. The first kappa shape index (κ1) is 20.9. The predicted octanol–water partition coefficient (Wildman–Crippen LogP) is 4.44. The van der Waals surface area contributed by atoms with Crippen LogP contribution in [-0.4, -0.2) is 45.7 Å². The Labute approximate surface area is 196 Å². The van der Waals surface area contributed by atoms with Gasteiger partial charge in [-0.2, -0.15) is 15.2 Å². The number of carboxylic acid groups (broad SMARTS) is 1. The van der Waals surface area contributed by atoms with E-state index < -0.39 is 5.97 Å². The van der Waals surface area contributed by atoms with E-state index in [0.29, 0.717) is 27.6 Å². The van der Waals surface area contributed by atoms with E-state index in [0.717, 1.165) is 16.7 Å². The Bertz CT molecular complexity index is 1510. The minimum atomic E-state index is -1.12. The summed E-state index contributed by atoms with van der Waals surface area (Å²) < 4.78 is 2.77. The fraction of sp³-hybridized carbons (Fsp3) is 0.0455. The highest BCUT2D eigenvalue weighted by Gasteiger charge is 2.16. The Kier molecular flexibility index (Phi) is 5.20. The van der Waals surface area contributed by atoms with Crippen LogP contribution in [0.2, 0.25) is 10.0 Å². The fourth-order valence-electron chi connectivity index (χ4n) is 3.42. The molecule has 0 atom stereocenters. The van der Waals surface area contributed by atoms with Crippen molar-refractivity contribution in [3.05, 3.63) is 82.2 Å². The Morgan fingerprint density at radius 1 is 1.00 bits per heavy atom. The van der Waals surface area contributed by atoms with Gasteiger partial charge >= 0.3 is 5.97 Å². The summed E-state index contributed by atoms with van der Waals surface area (Å²) in [5.74, 6) is -1.37. The molecule has 5 rings (SSSR count). The predicted molar refractivity (Wildman–Crippen MR) is 122 cm³/mol. The summed E-state index contributed by atoms with van der Waals surface area (Å²) in [4.78, 5) is 19.5. The number of fused-ring (bicyclic) bond motifs is 1. The van der Waals surface area contributed by atoms with Gasteiger partial charge in [0.2, 0.25) is 5.88 Å². The summed E-state index contributed by atoms with van der Waals surface area (Å²) in [6.45, 7) is 0.374. The highest BCUT2D eigenvalue weighted by atomic mass is 35.5. The molecule has 0 fully saturated rings. The van der Waals surface area contributed by atoms with Crippen LogP contribution in [0.1, 0.15) is 15.9 Å². The molecular formula is C22H14Cl2N6O3. The van der Waals surface area contributed by atoms with Crippen LogP contribution in [0.4, 0.5) is 0 Å². The van der Waals surface area contributed by atoms with Crippen LogP contribution in [0.25, 0.3) is 28.1 Å².